The minimum absolute atomic E-state index is 0.444. The highest BCUT2D eigenvalue weighted by molar-refractivity contribution is 5.73. The molecule has 11 heavy (non-hydrogen) atoms. The Labute approximate surface area is 67.6 Å². The molecule has 0 aromatic rings. The fraction of sp³-hybridized carbons (Fsp3) is 0.667. The summed E-state index contributed by atoms with van der Waals surface area (Å²) >= 11 is 0. The van der Waals surface area contributed by atoms with Gasteiger partial charge in [-0.05, 0) is 31.8 Å². The third kappa shape index (κ3) is 1.17. The van der Waals surface area contributed by atoms with Crippen LogP contribution < -0.4 is 0 Å². The lowest BCUT2D eigenvalue weighted by atomic mass is 10.2. The molecule has 0 N–H and O–H groups in total. The molecule has 1 saturated carbocycles. The van der Waals surface area contributed by atoms with E-state index in [0.29, 0.717) is 6.17 Å². The highest BCUT2D eigenvalue weighted by Crippen LogP contribution is 2.37. The van der Waals surface area contributed by atoms with Gasteiger partial charge in [0.1, 0.15) is 6.17 Å². The molecule has 1 unspecified atom stereocenters. The Morgan fingerprint density at radius 1 is 1.55 bits per heavy atom. The van der Waals surface area contributed by atoms with Gasteiger partial charge >= 0.3 is 0 Å². The van der Waals surface area contributed by atoms with Crippen molar-refractivity contribution in [3.05, 3.63) is 11.8 Å². The summed E-state index contributed by atoms with van der Waals surface area (Å²) in [7, 11) is 2.13. The van der Waals surface area contributed by atoms with Gasteiger partial charge in [0, 0.05) is 19.0 Å². The topological polar surface area (TPSA) is 15.6 Å². The zero-order valence-electron chi connectivity index (χ0n) is 7.12. The van der Waals surface area contributed by atoms with Gasteiger partial charge in [-0.15, -0.1) is 0 Å². The Morgan fingerprint density at radius 3 is 2.91 bits per heavy atom. The number of hydrogen-bond donors (Lipinski definition) is 0. The second-order valence-corrected chi connectivity index (χ2v) is 3.47. The van der Waals surface area contributed by atoms with Crippen LogP contribution in [0.4, 0.5) is 0 Å². The molecule has 0 amide bonds. The Kier molecular flexibility index (Phi) is 1.48. The lowest BCUT2D eigenvalue weighted by Crippen LogP contribution is -2.32. The summed E-state index contributed by atoms with van der Waals surface area (Å²) in [5.41, 5.74) is 1.33. The van der Waals surface area contributed by atoms with Gasteiger partial charge < -0.3 is 4.90 Å². The van der Waals surface area contributed by atoms with Crippen molar-refractivity contribution in [3.8, 4) is 0 Å². The van der Waals surface area contributed by atoms with Crippen LogP contribution in [0.2, 0.25) is 0 Å². The summed E-state index contributed by atoms with van der Waals surface area (Å²) in [4.78, 5) is 6.72. The van der Waals surface area contributed by atoms with Crippen LogP contribution in [0.1, 0.15) is 19.8 Å². The van der Waals surface area contributed by atoms with Gasteiger partial charge in [0.25, 0.3) is 0 Å². The Morgan fingerprint density at radius 2 is 2.27 bits per heavy atom. The number of allylic oxidation sites excluding steroid dienone is 2. The predicted octanol–water partition coefficient (Wildman–Crippen LogP) is 1.64. The van der Waals surface area contributed by atoms with E-state index in [1.54, 1.807) is 0 Å². The molecule has 0 saturated heterocycles. The van der Waals surface area contributed by atoms with Crippen LogP contribution in [0.5, 0.6) is 0 Å². The maximum atomic E-state index is 4.45. The first-order valence-corrected chi connectivity index (χ1v) is 4.22. The molecule has 0 bridgehead atoms. The van der Waals surface area contributed by atoms with Crippen LogP contribution in [0.3, 0.4) is 0 Å². The maximum Gasteiger partial charge on any atom is 0.123 e. The van der Waals surface area contributed by atoms with Gasteiger partial charge in [0.15, 0.2) is 0 Å². The molecule has 1 aliphatic heterocycles. The van der Waals surface area contributed by atoms with Gasteiger partial charge in [-0.2, -0.15) is 0 Å². The van der Waals surface area contributed by atoms with Crippen LogP contribution in [-0.2, 0) is 0 Å². The van der Waals surface area contributed by atoms with Crippen molar-refractivity contribution in [1.29, 1.82) is 0 Å². The van der Waals surface area contributed by atoms with Crippen LogP contribution in [0.25, 0.3) is 0 Å². The Bertz CT molecular complexity index is 214. The van der Waals surface area contributed by atoms with E-state index < -0.39 is 0 Å². The average Bonchev–Trinajstić information content (AvgIpc) is 2.77. The van der Waals surface area contributed by atoms with E-state index in [1.807, 2.05) is 6.21 Å². The molecular formula is C9H14N2. The molecule has 0 spiro atoms. The molecule has 0 aromatic carbocycles. The number of aliphatic imine (C=N–C) groups is 1. The van der Waals surface area contributed by atoms with Gasteiger partial charge in [0.2, 0.25) is 0 Å². The van der Waals surface area contributed by atoms with E-state index in [4.69, 9.17) is 0 Å². The second-order valence-electron chi connectivity index (χ2n) is 3.47. The van der Waals surface area contributed by atoms with Gasteiger partial charge in [-0.25, -0.2) is 0 Å². The Balaban J connectivity index is 2.12. The van der Waals surface area contributed by atoms with E-state index in [-0.39, 0.29) is 0 Å². The summed E-state index contributed by atoms with van der Waals surface area (Å²) < 4.78 is 0. The maximum absolute atomic E-state index is 4.45. The Hall–Kier alpha value is -0.790. The van der Waals surface area contributed by atoms with Crippen LogP contribution in [0.15, 0.2) is 16.8 Å². The highest BCUT2D eigenvalue weighted by Gasteiger charge is 2.34. The number of rotatable bonds is 1. The fourth-order valence-electron chi connectivity index (χ4n) is 1.50. The molecule has 2 heteroatoms. The molecule has 1 aliphatic carbocycles. The van der Waals surface area contributed by atoms with Gasteiger partial charge in [0.05, 0.1) is 0 Å². The zero-order chi connectivity index (χ0) is 7.84. The summed E-state index contributed by atoms with van der Waals surface area (Å²) in [5.74, 6) is 0.833. The third-order valence-electron chi connectivity index (χ3n) is 2.55. The standard InChI is InChI=1S/C9H14N2/c1-7-5-6-10-9(11(7)2)8-3-4-8/h5-6,8-9H,3-4H2,1-2H3. The first-order chi connectivity index (χ1) is 5.29. The summed E-state index contributed by atoms with van der Waals surface area (Å²) in [5, 5.41) is 0. The SMILES string of the molecule is CC1=CC=NC(C2CC2)N1C. The molecule has 0 radical (unpaired) electrons. The van der Waals surface area contributed by atoms with Crippen molar-refractivity contribution in [2.24, 2.45) is 10.9 Å². The zero-order valence-corrected chi connectivity index (χ0v) is 7.12. The van der Waals surface area contributed by atoms with Crippen LogP contribution in [-0.4, -0.2) is 24.3 Å². The third-order valence-corrected chi connectivity index (χ3v) is 2.55. The van der Waals surface area contributed by atoms with Crippen molar-refractivity contribution in [3.63, 3.8) is 0 Å². The molecule has 1 heterocycles. The first-order valence-electron chi connectivity index (χ1n) is 4.22. The predicted molar refractivity (Wildman–Crippen MR) is 46.5 cm³/mol. The van der Waals surface area contributed by atoms with E-state index in [2.05, 4.69) is 29.9 Å². The summed E-state index contributed by atoms with van der Waals surface area (Å²) in [6, 6.07) is 0. The largest absolute Gasteiger partial charge is 0.356 e. The van der Waals surface area contributed by atoms with Crippen molar-refractivity contribution < 1.29 is 0 Å². The molecule has 2 aliphatic rings. The van der Waals surface area contributed by atoms with Crippen molar-refractivity contribution in [2.45, 2.75) is 25.9 Å². The first kappa shape index (κ1) is 6.89. The molecular weight excluding hydrogens is 136 g/mol. The summed E-state index contributed by atoms with van der Waals surface area (Å²) in [6.07, 6.45) is 7.18. The van der Waals surface area contributed by atoms with E-state index >= 15 is 0 Å². The van der Waals surface area contributed by atoms with E-state index in [0.717, 1.165) is 5.92 Å². The van der Waals surface area contributed by atoms with Crippen molar-refractivity contribution in [2.75, 3.05) is 7.05 Å². The smallest absolute Gasteiger partial charge is 0.123 e. The van der Waals surface area contributed by atoms with E-state index in [1.165, 1.54) is 18.5 Å². The normalized spacial score (nSPS) is 30.5. The van der Waals surface area contributed by atoms with Crippen molar-refractivity contribution in [1.82, 2.24) is 4.90 Å². The molecule has 1 fully saturated rings. The molecule has 60 valence electrons. The lowest BCUT2D eigenvalue weighted by molar-refractivity contribution is 0.280. The fourth-order valence-corrected chi connectivity index (χ4v) is 1.50. The van der Waals surface area contributed by atoms with E-state index in [9.17, 15) is 0 Å². The highest BCUT2D eigenvalue weighted by atomic mass is 15.2. The minimum Gasteiger partial charge on any atom is -0.356 e. The average molecular weight is 150 g/mol. The van der Waals surface area contributed by atoms with Gasteiger partial charge in [-0.1, -0.05) is 0 Å². The summed E-state index contributed by atoms with van der Waals surface area (Å²) in [6.45, 7) is 2.14. The molecule has 2 nitrogen and oxygen atoms in total. The monoisotopic (exact) mass is 150 g/mol. The van der Waals surface area contributed by atoms with Crippen LogP contribution in [0, 0.1) is 5.92 Å². The molecule has 0 aromatic heterocycles. The van der Waals surface area contributed by atoms with Gasteiger partial charge in [-0.3, -0.25) is 4.99 Å². The lowest BCUT2D eigenvalue weighted by Gasteiger charge is -2.29. The molecule has 2 rings (SSSR count). The second kappa shape index (κ2) is 2.36. The number of hydrogen-bond acceptors (Lipinski definition) is 2. The molecule has 1 atom stereocenters. The van der Waals surface area contributed by atoms with Crippen LogP contribution >= 0.6 is 0 Å². The van der Waals surface area contributed by atoms with Crippen molar-refractivity contribution >= 4 is 6.21 Å². The minimum atomic E-state index is 0.444. The quantitative estimate of drug-likeness (QED) is 0.555. The number of nitrogens with zero attached hydrogens (tertiary/aromatic N) is 2.